The Morgan fingerprint density at radius 2 is 1.85 bits per heavy atom. The molecule has 2 aromatic rings. The Balaban J connectivity index is 1.70. The number of anilines is 1. The summed E-state index contributed by atoms with van der Waals surface area (Å²) < 4.78 is 5.89. The molecule has 26 heavy (non-hydrogen) atoms. The van der Waals surface area contributed by atoms with Crippen molar-refractivity contribution < 1.29 is 9.53 Å². The Morgan fingerprint density at radius 1 is 1.15 bits per heavy atom. The maximum absolute atomic E-state index is 12.0. The third-order valence-corrected chi connectivity index (χ3v) is 4.58. The average molecular weight is 353 g/mol. The average Bonchev–Trinajstić information content (AvgIpc) is 2.62. The van der Waals surface area contributed by atoms with E-state index in [0.29, 0.717) is 11.9 Å². The van der Waals surface area contributed by atoms with Gasteiger partial charge in [0, 0.05) is 29.8 Å². The summed E-state index contributed by atoms with van der Waals surface area (Å²) in [6.07, 6.45) is 1.88. The molecular weight excluding hydrogens is 326 g/mol. The standard InChI is InChI=1S/C21H27N3O2/c1-14-19(26-12-11-22-14)16-7-5-15(6-8-16)17-9-10-18(23-13-17)24-20(25)21(2,3)4/h5-10,13-14,19,22H,11-12H2,1-4H3,(H,23,24,25)/t14-,19+/m0/s1. The van der Waals surface area contributed by atoms with Crippen LogP contribution in [0.15, 0.2) is 42.6 Å². The van der Waals surface area contributed by atoms with Crippen LogP contribution >= 0.6 is 0 Å². The van der Waals surface area contributed by atoms with Crippen molar-refractivity contribution >= 4 is 11.7 Å². The molecule has 5 heteroatoms. The van der Waals surface area contributed by atoms with E-state index in [1.165, 1.54) is 5.56 Å². The number of rotatable bonds is 3. The molecule has 2 N–H and O–H groups in total. The van der Waals surface area contributed by atoms with Gasteiger partial charge in [0.25, 0.3) is 0 Å². The number of aromatic nitrogens is 1. The van der Waals surface area contributed by atoms with E-state index in [-0.39, 0.29) is 12.0 Å². The number of ether oxygens (including phenoxy) is 1. The Hall–Kier alpha value is -2.24. The van der Waals surface area contributed by atoms with Gasteiger partial charge in [0.15, 0.2) is 0 Å². The summed E-state index contributed by atoms with van der Waals surface area (Å²) in [4.78, 5) is 16.4. The second-order valence-electron chi connectivity index (χ2n) is 7.79. The third-order valence-electron chi connectivity index (χ3n) is 4.58. The highest BCUT2D eigenvalue weighted by molar-refractivity contribution is 5.93. The molecule has 0 unspecified atom stereocenters. The van der Waals surface area contributed by atoms with Gasteiger partial charge in [0.2, 0.25) is 5.91 Å². The molecule has 2 atom stereocenters. The normalized spacial score (nSPS) is 20.6. The number of amides is 1. The molecule has 5 nitrogen and oxygen atoms in total. The minimum Gasteiger partial charge on any atom is -0.371 e. The molecule has 0 aliphatic carbocycles. The fourth-order valence-electron chi connectivity index (χ4n) is 2.92. The van der Waals surface area contributed by atoms with Crippen LogP contribution in [0.25, 0.3) is 11.1 Å². The van der Waals surface area contributed by atoms with Gasteiger partial charge in [-0.05, 0) is 30.2 Å². The van der Waals surface area contributed by atoms with Crippen molar-refractivity contribution in [1.82, 2.24) is 10.3 Å². The highest BCUT2D eigenvalue weighted by Crippen LogP contribution is 2.27. The highest BCUT2D eigenvalue weighted by Gasteiger charge is 2.23. The van der Waals surface area contributed by atoms with Crippen LogP contribution in [0, 0.1) is 5.41 Å². The number of carbonyl (C=O) groups excluding carboxylic acids is 1. The molecule has 1 amide bonds. The lowest BCUT2D eigenvalue weighted by atomic mass is 9.96. The molecule has 2 heterocycles. The first-order valence-corrected chi connectivity index (χ1v) is 9.07. The maximum Gasteiger partial charge on any atom is 0.230 e. The van der Waals surface area contributed by atoms with Crippen molar-refractivity contribution in [3.63, 3.8) is 0 Å². The summed E-state index contributed by atoms with van der Waals surface area (Å²) in [5.74, 6) is 0.526. The quantitative estimate of drug-likeness (QED) is 0.881. The van der Waals surface area contributed by atoms with Gasteiger partial charge >= 0.3 is 0 Å². The summed E-state index contributed by atoms with van der Waals surface area (Å²) in [5, 5.41) is 6.28. The molecule has 1 aliphatic heterocycles. The summed E-state index contributed by atoms with van der Waals surface area (Å²) >= 11 is 0. The summed E-state index contributed by atoms with van der Waals surface area (Å²) in [6.45, 7) is 9.42. The van der Waals surface area contributed by atoms with Crippen molar-refractivity contribution in [2.45, 2.75) is 39.8 Å². The molecule has 0 saturated carbocycles. The second-order valence-corrected chi connectivity index (χ2v) is 7.79. The first-order chi connectivity index (χ1) is 12.3. The van der Waals surface area contributed by atoms with E-state index in [0.717, 1.165) is 24.3 Å². The molecule has 0 bridgehead atoms. The largest absolute Gasteiger partial charge is 0.371 e. The lowest BCUT2D eigenvalue weighted by molar-refractivity contribution is -0.123. The lowest BCUT2D eigenvalue weighted by Gasteiger charge is -2.30. The molecule has 3 rings (SSSR count). The van der Waals surface area contributed by atoms with Gasteiger partial charge in [-0.25, -0.2) is 4.98 Å². The Kier molecular flexibility index (Phi) is 5.39. The van der Waals surface area contributed by atoms with Gasteiger partial charge < -0.3 is 15.4 Å². The van der Waals surface area contributed by atoms with Crippen LogP contribution in [0.3, 0.4) is 0 Å². The lowest BCUT2D eigenvalue weighted by Crippen LogP contribution is -2.41. The molecule has 1 aromatic heterocycles. The fourth-order valence-corrected chi connectivity index (χ4v) is 2.92. The van der Waals surface area contributed by atoms with Gasteiger partial charge in [0.1, 0.15) is 5.82 Å². The van der Waals surface area contributed by atoms with Crippen LogP contribution in [-0.2, 0) is 9.53 Å². The minimum atomic E-state index is -0.441. The number of morpholine rings is 1. The Morgan fingerprint density at radius 3 is 2.42 bits per heavy atom. The van der Waals surface area contributed by atoms with Crippen LogP contribution < -0.4 is 10.6 Å². The van der Waals surface area contributed by atoms with Crippen molar-refractivity contribution in [1.29, 1.82) is 0 Å². The fraction of sp³-hybridized carbons (Fsp3) is 0.429. The second kappa shape index (κ2) is 7.56. The van der Waals surface area contributed by atoms with Crippen molar-refractivity contribution in [2.75, 3.05) is 18.5 Å². The minimum absolute atomic E-state index is 0.0442. The van der Waals surface area contributed by atoms with Crippen molar-refractivity contribution in [2.24, 2.45) is 5.41 Å². The van der Waals surface area contributed by atoms with Crippen molar-refractivity contribution in [3.05, 3.63) is 48.2 Å². The maximum atomic E-state index is 12.0. The summed E-state index contributed by atoms with van der Waals surface area (Å²) in [6, 6.07) is 12.5. The Labute approximate surface area is 155 Å². The zero-order valence-corrected chi connectivity index (χ0v) is 15.9. The first kappa shape index (κ1) is 18.5. The number of hydrogen-bond donors (Lipinski definition) is 2. The van der Waals surface area contributed by atoms with E-state index >= 15 is 0 Å². The van der Waals surface area contributed by atoms with Gasteiger partial charge in [0.05, 0.1) is 12.7 Å². The van der Waals surface area contributed by atoms with E-state index in [1.54, 1.807) is 6.20 Å². The number of pyridine rings is 1. The molecular formula is C21H27N3O2. The molecule has 1 aliphatic rings. The van der Waals surface area contributed by atoms with E-state index in [2.05, 4.69) is 46.8 Å². The number of carbonyl (C=O) groups is 1. The van der Waals surface area contributed by atoms with E-state index in [4.69, 9.17) is 4.74 Å². The van der Waals surface area contributed by atoms with E-state index in [1.807, 2.05) is 32.9 Å². The SMILES string of the molecule is C[C@@H]1NCCO[C@H]1c1ccc(-c2ccc(NC(=O)C(C)(C)C)nc2)cc1. The first-order valence-electron chi connectivity index (χ1n) is 9.07. The smallest absolute Gasteiger partial charge is 0.230 e. The predicted octanol–water partition coefficient (Wildman–Crippen LogP) is 3.78. The molecule has 1 fully saturated rings. The molecule has 138 valence electrons. The molecule has 0 spiro atoms. The molecule has 1 aromatic carbocycles. The number of hydrogen-bond acceptors (Lipinski definition) is 4. The molecule has 1 saturated heterocycles. The number of benzene rings is 1. The van der Waals surface area contributed by atoms with Crippen LogP contribution in [0.2, 0.25) is 0 Å². The predicted molar refractivity (Wildman–Crippen MR) is 104 cm³/mol. The van der Waals surface area contributed by atoms with E-state index < -0.39 is 5.41 Å². The zero-order valence-electron chi connectivity index (χ0n) is 15.9. The van der Waals surface area contributed by atoms with Crippen LogP contribution in [-0.4, -0.2) is 30.1 Å². The van der Waals surface area contributed by atoms with Gasteiger partial charge in [-0.3, -0.25) is 4.79 Å². The van der Waals surface area contributed by atoms with Gasteiger partial charge in [-0.15, -0.1) is 0 Å². The summed E-state index contributed by atoms with van der Waals surface area (Å²) in [5.41, 5.74) is 2.84. The number of nitrogens with zero attached hydrogens (tertiary/aromatic N) is 1. The third kappa shape index (κ3) is 4.29. The molecule has 0 radical (unpaired) electrons. The van der Waals surface area contributed by atoms with Crippen molar-refractivity contribution in [3.8, 4) is 11.1 Å². The van der Waals surface area contributed by atoms with Crippen LogP contribution in [0.5, 0.6) is 0 Å². The highest BCUT2D eigenvalue weighted by atomic mass is 16.5. The Bertz CT molecular complexity index is 748. The van der Waals surface area contributed by atoms with Crippen LogP contribution in [0.1, 0.15) is 39.4 Å². The van der Waals surface area contributed by atoms with E-state index in [9.17, 15) is 4.79 Å². The van der Waals surface area contributed by atoms with Gasteiger partial charge in [-0.1, -0.05) is 45.0 Å². The number of nitrogens with one attached hydrogen (secondary N) is 2. The summed E-state index contributed by atoms with van der Waals surface area (Å²) in [7, 11) is 0. The topological polar surface area (TPSA) is 63.2 Å². The van der Waals surface area contributed by atoms with Crippen LogP contribution in [0.4, 0.5) is 5.82 Å². The monoisotopic (exact) mass is 353 g/mol. The van der Waals surface area contributed by atoms with Gasteiger partial charge in [-0.2, -0.15) is 0 Å². The zero-order chi connectivity index (χ0) is 18.7.